The van der Waals surface area contributed by atoms with Crippen LogP contribution in [0.5, 0.6) is 0 Å². The Morgan fingerprint density at radius 1 is 1.31 bits per heavy atom. The van der Waals surface area contributed by atoms with E-state index in [1.807, 2.05) is 25.1 Å². The third kappa shape index (κ3) is 5.16. The summed E-state index contributed by atoms with van der Waals surface area (Å²) in [5, 5.41) is 28.2. The second-order valence-corrected chi connectivity index (χ2v) is 11.1. The number of thioether (sulfide) groups is 1. The van der Waals surface area contributed by atoms with Crippen LogP contribution in [-0.2, 0) is 0 Å². The number of hydrogen-bond donors (Lipinski definition) is 3. The van der Waals surface area contributed by atoms with Gasteiger partial charge in [-0.05, 0) is 81.1 Å². The van der Waals surface area contributed by atoms with Crippen molar-refractivity contribution in [1.82, 2.24) is 35.1 Å². The van der Waals surface area contributed by atoms with Crippen LogP contribution < -0.4 is 10.6 Å². The molecule has 0 saturated carbocycles. The molecule has 2 saturated heterocycles. The van der Waals surface area contributed by atoms with Gasteiger partial charge in [0.2, 0.25) is 11.1 Å². The van der Waals surface area contributed by atoms with Crippen LogP contribution in [0.15, 0.2) is 29.6 Å². The molecule has 0 amide bonds. The van der Waals surface area contributed by atoms with Crippen molar-refractivity contribution in [2.45, 2.75) is 69.2 Å². The van der Waals surface area contributed by atoms with Crippen molar-refractivity contribution in [3.05, 3.63) is 35.8 Å². The first-order chi connectivity index (χ1) is 17.3. The van der Waals surface area contributed by atoms with E-state index in [-0.39, 0.29) is 24.0 Å². The van der Waals surface area contributed by atoms with Crippen molar-refractivity contribution >= 4 is 29.2 Å². The van der Waals surface area contributed by atoms with Gasteiger partial charge in [0.25, 0.3) is 0 Å². The lowest BCUT2D eigenvalue weighted by Crippen LogP contribution is -2.55. The van der Waals surface area contributed by atoms with E-state index < -0.39 is 5.82 Å². The highest BCUT2D eigenvalue weighted by atomic mass is 32.2. The number of nitrogens with zero attached hydrogens (tertiary/aromatic N) is 7. The average Bonchev–Trinajstić information content (AvgIpc) is 3.51. The van der Waals surface area contributed by atoms with Crippen LogP contribution in [0.3, 0.4) is 0 Å². The number of halogens is 1. The smallest absolute Gasteiger partial charge is 0.229 e. The molecule has 1 aromatic carbocycles. The first-order valence-corrected chi connectivity index (χ1v) is 13.3. The molecule has 2 aliphatic rings. The quantitative estimate of drug-likeness (QED) is 0.386. The summed E-state index contributed by atoms with van der Waals surface area (Å²) in [6.45, 7) is 7.69. The maximum Gasteiger partial charge on any atom is 0.229 e. The Kier molecular flexibility index (Phi) is 7.09. The first-order valence-electron chi connectivity index (χ1n) is 12.3. The number of tetrazole rings is 1. The third-order valence-corrected chi connectivity index (χ3v) is 7.90. The van der Waals surface area contributed by atoms with E-state index >= 15 is 0 Å². The molecule has 2 aromatic heterocycles. The molecule has 2 atom stereocenters. The molecule has 0 bridgehead atoms. The van der Waals surface area contributed by atoms with E-state index in [0.29, 0.717) is 22.9 Å². The zero-order valence-corrected chi connectivity index (χ0v) is 21.6. The SMILES string of the molecule is Cc1ccc(Nc2ncc(F)c(N[C@@H]3C[C@@H]4CCCN4C(C)(C)C3)n2)cc1-n1nnnc1SCCO. The van der Waals surface area contributed by atoms with Gasteiger partial charge in [-0.3, -0.25) is 4.90 Å². The van der Waals surface area contributed by atoms with Crippen LogP contribution in [0.1, 0.15) is 45.1 Å². The topological polar surface area (TPSA) is 117 Å². The molecule has 2 aliphatic heterocycles. The number of benzene rings is 1. The van der Waals surface area contributed by atoms with Crippen LogP contribution in [0.25, 0.3) is 5.69 Å². The Hall–Kier alpha value is -2.83. The zero-order valence-electron chi connectivity index (χ0n) is 20.8. The number of fused-ring (bicyclic) bond motifs is 1. The molecular weight excluding hydrogens is 481 g/mol. The highest BCUT2D eigenvalue weighted by molar-refractivity contribution is 7.99. The summed E-state index contributed by atoms with van der Waals surface area (Å²) in [4.78, 5) is 11.2. The number of aliphatic hydroxyl groups is 1. The van der Waals surface area contributed by atoms with Gasteiger partial charge in [-0.25, -0.2) is 9.37 Å². The molecule has 0 spiro atoms. The second-order valence-electron chi connectivity index (χ2n) is 10.0. The van der Waals surface area contributed by atoms with Crippen molar-refractivity contribution in [2.24, 2.45) is 0 Å². The lowest BCUT2D eigenvalue weighted by atomic mass is 9.84. The number of rotatable bonds is 8. The molecule has 36 heavy (non-hydrogen) atoms. The Bertz CT molecular complexity index is 1220. The van der Waals surface area contributed by atoms with E-state index in [4.69, 9.17) is 5.11 Å². The number of aromatic nitrogens is 6. The minimum atomic E-state index is -0.462. The Labute approximate surface area is 214 Å². The highest BCUT2D eigenvalue weighted by Gasteiger charge is 2.43. The second kappa shape index (κ2) is 10.3. The van der Waals surface area contributed by atoms with Crippen molar-refractivity contribution in [3.8, 4) is 5.69 Å². The lowest BCUT2D eigenvalue weighted by Gasteiger charge is -2.47. The molecule has 4 heterocycles. The minimum Gasteiger partial charge on any atom is -0.396 e. The van der Waals surface area contributed by atoms with Gasteiger partial charge in [0.05, 0.1) is 18.5 Å². The van der Waals surface area contributed by atoms with Gasteiger partial charge in [0.1, 0.15) is 0 Å². The molecule has 5 rings (SSSR count). The monoisotopic (exact) mass is 513 g/mol. The molecule has 192 valence electrons. The molecule has 2 fully saturated rings. The van der Waals surface area contributed by atoms with Gasteiger partial charge in [0.15, 0.2) is 11.6 Å². The standard InChI is InChI=1S/C24H32FN9OS/c1-15-6-7-16(12-20(15)34-23(30-31-32-34)36-10-9-35)28-22-26-14-19(25)21(29-22)27-17-11-18-5-4-8-33(18)24(2,3)13-17/h6-7,12,14,17-18,35H,4-5,8-11,13H2,1-3H3,(H2,26,27,28,29)/t17-,18+/m1/s1. The number of hydrogen-bond acceptors (Lipinski definition) is 10. The van der Waals surface area contributed by atoms with Gasteiger partial charge < -0.3 is 15.7 Å². The molecule has 0 aliphatic carbocycles. The van der Waals surface area contributed by atoms with Crippen LogP contribution in [0.4, 0.5) is 21.8 Å². The Balaban J connectivity index is 1.34. The predicted molar refractivity (Wildman–Crippen MR) is 137 cm³/mol. The fourth-order valence-corrected chi connectivity index (χ4v) is 6.07. The van der Waals surface area contributed by atoms with Gasteiger partial charge in [0, 0.05) is 29.1 Å². The summed E-state index contributed by atoms with van der Waals surface area (Å²) in [5.41, 5.74) is 2.56. The van der Waals surface area contributed by atoms with Gasteiger partial charge in [-0.15, -0.1) is 5.10 Å². The average molecular weight is 514 g/mol. The van der Waals surface area contributed by atoms with E-state index in [1.54, 1.807) is 4.68 Å². The van der Waals surface area contributed by atoms with E-state index in [1.165, 1.54) is 30.8 Å². The van der Waals surface area contributed by atoms with Crippen molar-refractivity contribution in [2.75, 3.05) is 29.5 Å². The van der Waals surface area contributed by atoms with Crippen molar-refractivity contribution in [3.63, 3.8) is 0 Å². The van der Waals surface area contributed by atoms with Gasteiger partial charge in [-0.1, -0.05) is 17.8 Å². The van der Waals surface area contributed by atoms with Crippen LogP contribution in [0.2, 0.25) is 0 Å². The number of anilines is 3. The summed E-state index contributed by atoms with van der Waals surface area (Å²) < 4.78 is 16.3. The minimum absolute atomic E-state index is 0.0354. The van der Waals surface area contributed by atoms with Crippen molar-refractivity contribution in [1.29, 1.82) is 0 Å². The summed E-state index contributed by atoms with van der Waals surface area (Å²) in [5.74, 6) is 0.553. The fourth-order valence-electron chi connectivity index (χ4n) is 5.44. The maximum absolute atomic E-state index is 14.7. The molecule has 10 nitrogen and oxygen atoms in total. The highest BCUT2D eigenvalue weighted by Crippen LogP contribution is 2.38. The van der Waals surface area contributed by atoms with Crippen LogP contribution in [0, 0.1) is 12.7 Å². The van der Waals surface area contributed by atoms with Crippen LogP contribution in [-0.4, -0.2) is 76.7 Å². The summed E-state index contributed by atoms with van der Waals surface area (Å²) in [6.07, 6.45) is 5.53. The molecule has 0 radical (unpaired) electrons. The number of nitrogens with one attached hydrogen (secondary N) is 2. The number of aryl methyl sites for hydroxylation is 1. The molecule has 12 heteroatoms. The van der Waals surface area contributed by atoms with Gasteiger partial charge >= 0.3 is 0 Å². The number of piperidine rings is 1. The number of aliphatic hydroxyl groups excluding tert-OH is 1. The van der Waals surface area contributed by atoms with E-state index in [2.05, 4.69) is 54.9 Å². The summed E-state index contributed by atoms with van der Waals surface area (Å²) >= 11 is 1.37. The third-order valence-electron chi connectivity index (χ3n) is 7.00. The first kappa shape index (κ1) is 24.8. The summed E-state index contributed by atoms with van der Waals surface area (Å²) in [6, 6.07) is 6.43. The van der Waals surface area contributed by atoms with Gasteiger partial charge in [-0.2, -0.15) is 9.67 Å². The lowest BCUT2D eigenvalue weighted by molar-refractivity contribution is 0.0500. The maximum atomic E-state index is 14.7. The Morgan fingerprint density at radius 3 is 3.00 bits per heavy atom. The fraction of sp³-hybridized carbons (Fsp3) is 0.542. The predicted octanol–water partition coefficient (Wildman–Crippen LogP) is 3.55. The summed E-state index contributed by atoms with van der Waals surface area (Å²) in [7, 11) is 0. The molecule has 0 unspecified atom stereocenters. The largest absolute Gasteiger partial charge is 0.396 e. The van der Waals surface area contributed by atoms with E-state index in [9.17, 15) is 4.39 Å². The zero-order chi connectivity index (χ0) is 25.3. The Morgan fingerprint density at radius 2 is 2.17 bits per heavy atom. The van der Waals surface area contributed by atoms with Crippen molar-refractivity contribution < 1.29 is 9.50 Å². The normalized spacial score (nSPS) is 21.4. The molecule has 3 aromatic rings. The van der Waals surface area contributed by atoms with Crippen LogP contribution >= 0.6 is 11.8 Å². The molecule has 3 N–H and O–H groups in total. The van der Waals surface area contributed by atoms with E-state index in [0.717, 1.165) is 36.3 Å². The molecular formula is C24H32FN9OS.